The van der Waals surface area contributed by atoms with Crippen LogP contribution in [0.15, 0.2) is 12.4 Å². The minimum atomic E-state index is -0.700. The fourth-order valence-electron chi connectivity index (χ4n) is 1.57. The number of imidazole rings is 1. The molecule has 0 amide bonds. The highest BCUT2D eigenvalue weighted by atomic mass is 35.5. The highest BCUT2D eigenvalue weighted by molar-refractivity contribution is 5.85. The summed E-state index contributed by atoms with van der Waals surface area (Å²) in [7, 11) is 0. The fourth-order valence-corrected chi connectivity index (χ4v) is 1.57. The van der Waals surface area contributed by atoms with Crippen molar-refractivity contribution >= 4 is 18.4 Å². The maximum absolute atomic E-state index is 10.7. The van der Waals surface area contributed by atoms with Crippen LogP contribution in [0.4, 0.5) is 0 Å². The quantitative estimate of drug-likeness (QED) is 0.738. The minimum Gasteiger partial charge on any atom is -0.481 e. The Morgan fingerprint density at radius 2 is 2.46 bits per heavy atom. The van der Waals surface area contributed by atoms with Gasteiger partial charge in [0.25, 0.3) is 0 Å². The number of hydrogen-bond acceptors (Lipinski definition) is 2. The van der Waals surface area contributed by atoms with E-state index in [9.17, 15) is 4.79 Å². The number of aliphatic carboxylic acids is 1. The molecule has 0 radical (unpaired) electrons. The van der Waals surface area contributed by atoms with Gasteiger partial charge in [-0.25, -0.2) is 4.98 Å². The van der Waals surface area contributed by atoms with Crippen molar-refractivity contribution in [1.29, 1.82) is 0 Å². The van der Waals surface area contributed by atoms with Gasteiger partial charge < -0.3 is 9.67 Å². The smallest absolute Gasteiger partial charge is 0.308 e. The van der Waals surface area contributed by atoms with Crippen molar-refractivity contribution in [2.75, 3.05) is 0 Å². The molecule has 2 rings (SSSR count). The van der Waals surface area contributed by atoms with Gasteiger partial charge in [-0.05, 0) is 6.42 Å². The van der Waals surface area contributed by atoms with Gasteiger partial charge in [-0.2, -0.15) is 0 Å². The van der Waals surface area contributed by atoms with Crippen molar-refractivity contribution in [2.24, 2.45) is 5.92 Å². The normalized spacial score (nSPS) is 20.2. The minimum absolute atomic E-state index is 0. The standard InChI is InChI=1S/C8H10N2O2.ClH/c11-8(12)6-1-2-7-9-3-4-10(7)5-6;/h3-4,6H,1-2,5H2,(H,11,12);1H. The second kappa shape index (κ2) is 3.79. The molecule has 0 saturated heterocycles. The van der Waals surface area contributed by atoms with Crippen LogP contribution in [0, 0.1) is 5.92 Å². The number of carbonyl (C=O) groups is 1. The third kappa shape index (κ3) is 1.83. The molecule has 1 atom stereocenters. The van der Waals surface area contributed by atoms with E-state index in [1.54, 1.807) is 6.20 Å². The van der Waals surface area contributed by atoms with Crippen molar-refractivity contribution < 1.29 is 9.90 Å². The van der Waals surface area contributed by atoms with E-state index >= 15 is 0 Å². The van der Waals surface area contributed by atoms with Crippen molar-refractivity contribution in [3.63, 3.8) is 0 Å². The first kappa shape index (κ1) is 10.1. The molecule has 1 aliphatic rings. The lowest BCUT2D eigenvalue weighted by molar-refractivity contribution is -0.142. The molecule has 0 spiro atoms. The van der Waals surface area contributed by atoms with Crippen molar-refractivity contribution in [1.82, 2.24) is 9.55 Å². The average molecular weight is 203 g/mol. The van der Waals surface area contributed by atoms with E-state index in [-0.39, 0.29) is 18.3 Å². The summed E-state index contributed by atoms with van der Waals surface area (Å²) in [5, 5.41) is 8.77. The monoisotopic (exact) mass is 202 g/mol. The molecule has 0 saturated carbocycles. The first-order chi connectivity index (χ1) is 5.77. The Morgan fingerprint density at radius 1 is 1.69 bits per heavy atom. The van der Waals surface area contributed by atoms with Crippen LogP contribution in [0.2, 0.25) is 0 Å². The fraction of sp³-hybridized carbons (Fsp3) is 0.500. The van der Waals surface area contributed by atoms with Crippen molar-refractivity contribution in [2.45, 2.75) is 19.4 Å². The van der Waals surface area contributed by atoms with Crippen LogP contribution in [0.1, 0.15) is 12.2 Å². The summed E-state index contributed by atoms with van der Waals surface area (Å²) in [5.74, 6) is 0.0774. The number of nitrogens with zero attached hydrogens (tertiary/aromatic N) is 2. The van der Waals surface area contributed by atoms with Crippen molar-refractivity contribution in [3.05, 3.63) is 18.2 Å². The zero-order chi connectivity index (χ0) is 8.55. The first-order valence-corrected chi connectivity index (χ1v) is 4.00. The molecule has 0 fully saturated rings. The molecular weight excluding hydrogens is 192 g/mol. The van der Waals surface area contributed by atoms with Crippen LogP contribution in [-0.4, -0.2) is 20.6 Å². The summed E-state index contributed by atoms with van der Waals surface area (Å²) in [4.78, 5) is 14.8. The van der Waals surface area contributed by atoms with Crippen molar-refractivity contribution in [3.8, 4) is 0 Å². The predicted molar refractivity (Wildman–Crippen MR) is 48.9 cm³/mol. The summed E-state index contributed by atoms with van der Waals surface area (Å²) in [6.45, 7) is 0.574. The number of carboxylic acid groups (broad SMARTS) is 1. The number of aromatic nitrogens is 2. The Balaban J connectivity index is 0.000000845. The molecule has 1 N–H and O–H groups in total. The summed E-state index contributed by atoms with van der Waals surface area (Å²) in [6, 6.07) is 0. The van der Waals surface area contributed by atoms with Gasteiger partial charge in [-0.15, -0.1) is 12.4 Å². The lowest BCUT2D eigenvalue weighted by Gasteiger charge is -2.19. The van der Waals surface area contributed by atoms with Crippen LogP contribution in [0.25, 0.3) is 0 Å². The van der Waals surface area contributed by atoms with Gasteiger partial charge >= 0.3 is 5.97 Å². The third-order valence-electron chi connectivity index (χ3n) is 2.28. The Morgan fingerprint density at radius 3 is 3.15 bits per heavy atom. The molecule has 5 heteroatoms. The molecule has 1 aromatic heterocycles. The van der Waals surface area contributed by atoms with Gasteiger partial charge in [0.05, 0.1) is 5.92 Å². The molecule has 1 unspecified atom stereocenters. The summed E-state index contributed by atoms with van der Waals surface area (Å²) < 4.78 is 1.92. The molecule has 13 heavy (non-hydrogen) atoms. The number of carboxylic acids is 1. The van der Waals surface area contributed by atoms with Gasteiger partial charge in [0, 0.05) is 25.4 Å². The average Bonchev–Trinajstić information content (AvgIpc) is 2.49. The predicted octanol–water partition coefficient (Wildman–Crippen LogP) is 0.952. The Bertz CT molecular complexity index is 311. The lowest BCUT2D eigenvalue weighted by Crippen LogP contribution is -2.26. The summed E-state index contributed by atoms with van der Waals surface area (Å²) >= 11 is 0. The van der Waals surface area contributed by atoms with Gasteiger partial charge in [0.15, 0.2) is 0 Å². The second-order valence-corrected chi connectivity index (χ2v) is 3.07. The molecular formula is C8H11ClN2O2. The van der Waals surface area contributed by atoms with Crippen LogP contribution >= 0.6 is 12.4 Å². The van der Waals surface area contributed by atoms with E-state index in [4.69, 9.17) is 5.11 Å². The van der Waals surface area contributed by atoms with Gasteiger partial charge in [-0.1, -0.05) is 0 Å². The topological polar surface area (TPSA) is 55.1 Å². The number of aryl methyl sites for hydroxylation is 1. The second-order valence-electron chi connectivity index (χ2n) is 3.07. The Hall–Kier alpha value is -1.03. The molecule has 2 heterocycles. The largest absolute Gasteiger partial charge is 0.481 e. The van der Waals surface area contributed by atoms with E-state index in [0.717, 1.165) is 12.2 Å². The zero-order valence-corrected chi connectivity index (χ0v) is 7.83. The van der Waals surface area contributed by atoms with Gasteiger partial charge in [0.1, 0.15) is 5.82 Å². The van der Waals surface area contributed by atoms with E-state index in [1.165, 1.54) is 0 Å². The summed E-state index contributed by atoms with van der Waals surface area (Å²) in [5.41, 5.74) is 0. The molecule has 0 aliphatic carbocycles. The van der Waals surface area contributed by atoms with Crippen LogP contribution in [-0.2, 0) is 17.8 Å². The van der Waals surface area contributed by atoms with E-state index in [2.05, 4.69) is 4.98 Å². The maximum atomic E-state index is 10.7. The first-order valence-electron chi connectivity index (χ1n) is 4.00. The highest BCUT2D eigenvalue weighted by Gasteiger charge is 2.23. The van der Waals surface area contributed by atoms with E-state index < -0.39 is 5.97 Å². The van der Waals surface area contributed by atoms with Crippen LogP contribution < -0.4 is 0 Å². The molecule has 1 aromatic rings. The lowest BCUT2D eigenvalue weighted by atomic mass is 10.00. The SMILES string of the molecule is Cl.O=C(O)C1CCc2nccn2C1. The molecule has 0 aromatic carbocycles. The number of halogens is 1. The Kier molecular flexibility index (Phi) is 2.93. The van der Waals surface area contributed by atoms with Gasteiger partial charge in [-0.3, -0.25) is 4.79 Å². The number of hydrogen-bond donors (Lipinski definition) is 1. The zero-order valence-electron chi connectivity index (χ0n) is 7.01. The van der Waals surface area contributed by atoms with Crippen LogP contribution in [0.5, 0.6) is 0 Å². The maximum Gasteiger partial charge on any atom is 0.308 e. The number of rotatable bonds is 1. The summed E-state index contributed by atoms with van der Waals surface area (Å²) in [6.07, 6.45) is 5.06. The van der Waals surface area contributed by atoms with Gasteiger partial charge in [0.2, 0.25) is 0 Å². The highest BCUT2D eigenvalue weighted by Crippen LogP contribution is 2.18. The van der Waals surface area contributed by atoms with Crippen LogP contribution in [0.3, 0.4) is 0 Å². The van der Waals surface area contributed by atoms with E-state index in [0.29, 0.717) is 13.0 Å². The van der Waals surface area contributed by atoms with E-state index in [1.807, 2.05) is 10.8 Å². The molecule has 0 bridgehead atoms. The Labute approximate surface area is 82.0 Å². The molecule has 1 aliphatic heterocycles. The molecule has 72 valence electrons. The number of fused-ring (bicyclic) bond motifs is 1. The third-order valence-corrected chi connectivity index (χ3v) is 2.28. The molecule has 4 nitrogen and oxygen atoms in total.